The highest BCUT2D eigenvalue weighted by atomic mass is 127. The Hall–Kier alpha value is -0.860. The lowest BCUT2D eigenvalue weighted by Crippen LogP contribution is -2.41. The van der Waals surface area contributed by atoms with Crippen molar-refractivity contribution in [1.29, 1.82) is 0 Å². The van der Waals surface area contributed by atoms with E-state index in [-0.39, 0.29) is 24.0 Å². The number of guanidine groups is 1. The molecule has 0 radical (unpaired) electrons. The summed E-state index contributed by atoms with van der Waals surface area (Å²) in [6.07, 6.45) is 1.04. The third-order valence-electron chi connectivity index (χ3n) is 2.20. The van der Waals surface area contributed by atoms with E-state index in [9.17, 15) is 0 Å². The molecule has 17 heavy (non-hydrogen) atoms. The molecule has 0 aliphatic rings. The Morgan fingerprint density at radius 3 is 2.71 bits per heavy atom. The molecule has 98 valence electrons. The maximum Gasteiger partial charge on any atom is 0.223 e. The molecule has 0 aromatic carbocycles. The minimum Gasteiger partial charge on any atom is -0.354 e. The maximum atomic E-state index is 4.87. The molecular weight excluding hydrogens is 333 g/mol. The number of hydrogen-bond donors (Lipinski definition) is 2. The first kappa shape index (κ1) is 16.1. The van der Waals surface area contributed by atoms with Crippen molar-refractivity contribution in [3.05, 3.63) is 11.7 Å². The highest BCUT2D eigenvalue weighted by Gasteiger charge is 2.05. The SMILES string of the molecule is CCC(C)NC(=NC)NCc1noc(C)n1.I. The molecular formula is C10H20IN5O. The van der Waals surface area contributed by atoms with Crippen LogP contribution >= 0.6 is 24.0 Å². The van der Waals surface area contributed by atoms with Crippen molar-refractivity contribution in [3.8, 4) is 0 Å². The van der Waals surface area contributed by atoms with Crippen LogP contribution in [0.25, 0.3) is 0 Å². The lowest BCUT2D eigenvalue weighted by molar-refractivity contribution is 0.386. The number of aromatic nitrogens is 2. The molecule has 0 fully saturated rings. The first-order valence-corrected chi connectivity index (χ1v) is 5.42. The van der Waals surface area contributed by atoms with E-state index in [1.54, 1.807) is 14.0 Å². The molecule has 1 aromatic heterocycles. The van der Waals surface area contributed by atoms with Crippen LogP contribution < -0.4 is 10.6 Å². The normalized spacial score (nSPS) is 12.8. The molecule has 0 spiro atoms. The fraction of sp³-hybridized carbons (Fsp3) is 0.700. The molecule has 1 aromatic rings. The van der Waals surface area contributed by atoms with Crippen LogP contribution in [0.15, 0.2) is 9.52 Å². The van der Waals surface area contributed by atoms with Gasteiger partial charge in [0.15, 0.2) is 11.8 Å². The molecule has 0 aliphatic heterocycles. The molecule has 6 nitrogen and oxygen atoms in total. The van der Waals surface area contributed by atoms with Crippen LogP contribution in [0, 0.1) is 6.92 Å². The van der Waals surface area contributed by atoms with E-state index in [1.807, 2.05) is 0 Å². The van der Waals surface area contributed by atoms with Gasteiger partial charge in [0.05, 0.1) is 6.54 Å². The molecule has 0 amide bonds. The third kappa shape index (κ3) is 5.85. The second-order valence-corrected chi connectivity index (χ2v) is 3.61. The van der Waals surface area contributed by atoms with E-state index in [0.717, 1.165) is 12.4 Å². The van der Waals surface area contributed by atoms with Crippen LogP contribution in [0.5, 0.6) is 0 Å². The molecule has 0 bridgehead atoms. The summed E-state index contributed by atoms with van der Waals surface area (Å²) in [7, 11) is 1.74. The van der Waals surface area contributed by atoms with E-state index in [0.29, 0.717) is 24.3 Å². The van der Waals surface area contributed by atoms with Gasteiger partial charge in [0, 0.05) is 20.0 Å². The average Bonchev–Trinajstić information content (AvgIpc) is 2.69. The standard InChI is InChI=1S/C10H19N5O.HI/c1-5-7(2)13-10(11-4)12-6-9-14-8(3)16-15-9;/h7H,5-6H2,1-4H3,(H2,11,12,13);1H. The summed E-state index contributed by atoms with van der Waals surface area (Å²) in [6, 6.07) is 0.387. The zero-order valence-electron chi connectivity index (χ0n) is 10.6. The topological polar surface area (TPSA) is 75.3 Å². The van der Waals surface area contributed by atoms with Gasteiger partial charge in [-0.15, -0.1) is 24.0 Å². The van der Waals surface area contributed by atoms with Gasteiger partial charge in [0.1, 0.15) is 0 Å². The Balaban J connectivity index is 0.00000256. The van der Waals surface area contributed by atoms with Crippen LogP contribution in [0.2, 0.25) is 0 Å². The molecule has 7 heteroatoms. The highest BCUT2D eigenvalue weighted by molar-refractivity contribution is 14.0. The summed E-state index contributed by atoms with van der Waals surface area (Å²) in [5.74, 6) is 1.95. The van der Waals surface area contributed by atoms with Gasteiger partial charge in [-0.1, -0.05) is 12.1 Å². The average molecular weight is 353 g/mol. The molecule has 2 N–H and O–H groups in total. The van der Waals surface area contributed by atoms with Gasteiger partial charge >= 0.3 is 0 Å². The summed E-state index contributed by atoms with van der Waals surface area (Å²) in [4.78, 5) is 8.20. The molecule has 1 unspecified atom stereocenters. The molecule has 1 heterocycles. The molecule has 0 saturated carbocycles. The monoisotopic (exact) mass is 353 g/mol. The predicted molar refractivity (Wildman–Crippen MR) is 77.5 cm³/mol. The van der Waals surface area contributed by atoms with E-state index in [1.165, 1.54) is 0 Å². The lowest BCUT2D eigenvalue weighted by atomic mass is 10.3. The number of halogens is 1. The smallest absolute Gasteiger partial charge is 0.223 e. The Morgan fingerprint density at radius 2 is 2.24 bits per heavy atom. The predicted octanol–water partition coefficient (Wildman–Crippen LogP) is 1.46. The van der Waals surface area contributed by atoms with E-state index in [2.05, 4.69) is 39.6 Å². The summed E-state index contributed by atoms with van der Waals surface area (Å²) in [5, 5.41) is 10.2. The molecule has 1 atom stereocenters. The van der Waals surface area contributed by atoms with Crippen molar-refractivity contribution in [2.75, 3.05) is 7.05 Å². The number of aryl methyl sites for hydroxylation is 1. The Morgan fingerprint density at radius 1 is 1.53 bits per heavy atom. The summed E-state index contributed by atoms with van der Waals surface area (Å²) >= 11 is 0. The van der Waals surface area contributed by atoms with Gasteiger partial charge in [-0.3, -0.25) is 4.99 Å². The number of nitrogens with one attached hydrogen (secondary N) is 2. The third-order valence-corrected chi connectivity index (χ3v) is 2.20. The Labute approximate surface area is 119 Å². The van der Waals surface area contributed by atoms with Crippen LogP contribution in [0.3, 0.4) is 0 Å². The number of nitrogens with zero attached hydrogens (tertiary/aromatic N) is 3. The van der Waals surface area contributed by atoms with Crippen molar-refractivity contribution in [2.24, 2.45) is 4.99 Å². The molecule has 0 saturated heterocycles. The second kappa shape index (κ2) is 8.26. The van der Waals surface area contributed by atoms with Crippen molar-refractivity contribution in [1.82, 2.24) is 20.8 Å². The van der Waals surface area contributed by atoms with Gasteiger partial charge in [0.25, 0.3) is 0 Å². The van der Waals surface area contributed by atoms with E-state index in [4.69, 9.17) is 4.52 Å². The van der Waals surface area contributed by atoms with E-state index < -0.39 is 0 Å². The Bertz CT molecular complexity index is 352. The zero-order chi connectivity index (χ0) is 12.0. The highest BCUT2D eigenvalue weighted by Crippen LogP contribution is 1.94. The quantitative estimate of drug-likeness (QED) is 0.487. The van der Waals surface area contributed by atoms with Crippen LogP contribution in [0.1, 0.15) is 32.0 Å². The maximum absolute atomic E-state index is 4.87. The summed E-state index contributed by atoms with van der Waals surface area (Å²) in [6.45, 7) is 6.50. The minimum atomic E-state index is 0. The van der Waals surface area contributed by atoms with Crippen LogP contribution in [0.4, 0.5) is 0 Å². The number of aliphatic imine (C=N–C) groups is 1. The lowest BCUT2D eigenvalue weighted by Gasteiger charge is -2.15. The van der Waals surface area contributed by atoms with Crippen molar-refractivity contribution in [2.45, 2.75) is 39.8 Å². The van der Waals surface area contributed by atoms with Gasteiger partial charge < -0.3 is 15.2 Å². The van der Waals surface area contributed by atoms with Crippen molar-refractivity contribution in [3.63, 3.8) is 0 Å². The fourth-order valence-electron chi connectivity index (χ4n) is 1.11. The summed E-state index contributed by atoms with van der Waals surface area (Å²) in [5.41, 5.74) is 0. The first-order chi connectivity index (χ1) is 7.65. The van der Waals surface area contributed by atoms with E-state index >= 15 is 0 Å². The second-order valence-electron chi connectivity index (χ2n) is 3.61. The fourth-order valence-corrected chi connectivity index (χ4v) is 1.11. The van der Waals surface area contributed by atoms with Gasteiger partial charge in [-0.25, -0.2) is 0 Å². The first-order valence-electron chi connectivity index (χ1n) is 5.42. The van der Waals surface area contributed by atoms with Gasteiger partial charge in [-0.05, 0) is 13.3 Å². The largest absolute Gasteiger partial charge is 0.354 e. The van der Waals surface area contributed by atoms with Crippen molar-refractivity contribution >= 4 is 29.9 Å². The Kier molecular flexibility index (Phi) is 7.85. The van der Waals surface area contributed by atoms with Crippen molar-refractivity contribution < 1.29 is 4.52 Å². The minimum absolute atomic E-state index is 0. The zero-order valence-corrected chi connectivity index (χ0v) is 13.0. The van der Waals surface area contributed by atoms with Gasteiger partial charge in [-0.2, -0.15) is 4.98 Å². The number of hydrogen-bond acceptors (Lipinski definition) is 4. The molecule has 0 aliphatic carbocycles. The summed E-state index contributed by atoms with van der Waals surface area (Å²) < 4.78 is 4.87. The number of rotatable bonds is 4. The van der Waals surface area contributed by atoms with Gasteiger partial charge in [0.2, 0.25) is 5.89 Å². The molecule has 1 rings (SSSR count). The van der Waals surface area contributed by atoms with Crippen LogP contribution in [-0.4, -0.2) is 29.2 Å². The van der Waals surface area contributed by atoms with Crippen LogP contribution in [-0.2, 0) is 6.54 Å².